The van der Waals surface area contributed by atoms with Crippen LogP contribution in [-0.4, -0.2) is 89.3 Å². The average molecular weight is 768 g/mol. The standard InChI is InChI=1S/C42H49N5O7S/c1-6-53-40(49)42-22-28(42)11-9-7-8-10-18-46(23-27-12-14-29(51-4)15-13-27)41(50)47-24-31(20-36(47)38(48)45-42)54-37-21-34(39-44-35(25-55-39)26(2)3)43-33-19-30(52-5)16-17-32(33)37/h9,11-17,19,21,25-26,28,31,36H,6-8,10,18,20,22-24H2,1-5H3,(H,45,48)/t28-,31-,36+,42-/m1/s1. The molecule has 0 bridgehead atoms. The Morgan fingerprint density at radius 3 is 2.55 bits per heavy atom. The first-order valence-corrected chi connectivity index (χ1v) is 20.0. The number of carbonyl (C=O) groups excluding carboxylic acids is 3. The Balaban J connectivity index is 1.23. The highest BCUT2D eigenvalue weighted by Gasteiger charge is 2.62. The largest absolute Gasteiger partial charge is 0.497 e. The third-order valence-corrected chi connectivity index (χ3v) is 11.5. The SMILES string of the molecule is CCOC(=O)[C@@]12C[C@H]1C=CCCCCN(Cc1ccc(OC)cc1)C(=O)N1C[C@H](Oc3cc(-c4nc(C(C)C)cs4)nc4cc(OC)ccc34)C[C@H]1C(=O)N2. The van der Waals surface area contributed by atoms with Crippen molar-refractivity contribution in [1.82, 2.24) is 25.1 Å². The van der Waals surface area contributed by atoms with Crippen molar-refractivity contribution in [1.29, 1.82) is 0 Å². The number of esters is 1. The van der Waals surface area contributed by atoms with Crippen LogP contribution < -0.4 is 19.5 Å². The molecular formula is C42H49N5O7S. The number of amides is 3. The van der Waals surface area contributed by atoms with E-state index in [1.165, 1.54) is 11.3 Å². The van der Waals surface area contributed by atoms with Crippen molar-refractivity contribution in [2.75, 3.05) is 33.9 Å². The smallest absolute Gasteiger partial charge is 0.332 e. The van der Waals surface area contributed by atoms with E-state index < -0.39 is 29.6 Å². The van der Waals surface area contributed by atoms with E-state index in [1.807, 2.05) is 64.9 Å². The number of aromatic nitrogens is 2. The maximum Gasteiger partial charge on any atom is 0.332 e. The van der Waals surface area contributed by atoms with Crippen LogP contribution in [0.3, 0.4) is 0 Å². The maximum absolute atomic E-state index is 14.7. The number of nitrogens with one attached hydrogen (secondary N) is 1. The molecule has 13 heteroatoms. The van der Waals surface area contributed by atoms with Gasteiger partial charge in [-0.2, -0.15) is 0 Å². The number of methoxy groups -OCH3 is 2. The summed E-state index contributed by atoms with van der Waals surface area (Å²) in [5, 5.41) is 6.65. The van der Waals surface area contributed by atoms with E-state index in [4.69, 9.17) is 28.9 Å². The number of thiazole rings is 1. The lowest BCUT2D eigenvalue weighted by Crippen LogP contribution is -2.55. The molecule has 2 aliphatic heterocycles. The molecule has 0 radical (unpaired) electrons. The van der Waals surface area contributed by atoms with Gasteiger partial charge in [-0.15, -0.1) is 11.3 Å². The molecule has 7 rings (SSSR count). The van der Waals surface area contributed by atoms with Crippen molar-refractivity contribution >= 4 is 40.1 Å². The number of hydrogen-bond acceptors (Lipinski definition) is 10. The Morgan fingerprint density at radius 2 is 1.82 bits per heavy atom. The van der Waals surface area contributed by atoms with Gasteiger partial charge >= 0.3 is 12.0 Å². The Bertz CT molecular complexity index is 2070. The molecule has 1 saturated heterocycles. The van der Waals surface area contributed by atoms with Crippen LogP contribution in [-0.2, 0) is 20.9 Å². The average Bonchev–Trinajstić information content (AvgIpc) is 3.48. The highest BCUT2D eigenvalue weighted by atomic mass is 32.1. The van der Waals surface area contributed by atoms with Crippen molar-refractivity contribution in [2.45, 2.75) is 83.0 Å². The van der Waals surface area contributed by atoms with E-state index >= 15 is 0 Å². The number of pyridine rings is 1. The van der Waals surface area contributed by atoms with Gasteiger partial charge in [-0.1, -0.05) is 38.1 Å². The number of carbonyl (C=O) groups is 3. The lowest BCUT2D eigenvalue weighted by atomic mass is 10.1. The molecule has 3 aliphatic rings. The second-order valence-corrected chi connectivity index (χ2v) is 15.6. The number of allylic oxidation sites excluding steroid dienone is 1. The first-order chi connectivity index (χ1) is 26.6. The van der Waals surface area contributed by atoms with Gasteiger partial charge in [0.15, 0.2) is 0 Å². The molecule has 1 saturated carbocycles. The molecular weight excluding hydrogens is 719 g/mol. The van der Waals surface area contributed by atoms with Crippen LogP contribution in [0.1, 0.15) is 70.1 Å². The number of nitrogens with zero attached hydrogens (tertiary/aromatic N) is 4. The Kier molecular flexibility index (Phi) is 11.3. The monoisotopic (exact) mass is 767 g/mol. The van der Waals surface area contributed by atoms with Crippen LogP contribution in [0.25, 0.3) is 21.6 Å². The van der Waals surface area contributed by atoms with Crippen molar-refractivity contribution in [2.24, 2.45) is 5.92 Å². The van der Waals surface area contributed by atoms with E-state index in [9.17, 15) is 14.4 Å². The van der Waals surface area contributed by atoms with E-state index in [-0.39, 0.29) is 37.4 Å². The van der Waals surface area contributed by atoms with Gasteiger partial charge < -0.3 is 34.1 Å². The van der Waals surface area contributed by atoms with Gasteiger partial charge in [-0.05, 0) is 68.4 Å². The van der Waals surface area contributed by atoms with Gasteiger partial charge in [0.05, 0.1) is 38.6 Å². The minimum Gasteiger partial charge on any atom is -0.497 e. The molecule has 1 aliphatic carbocycles. The molecule has 0 unspecified atom stereocenters. The molecule has 2 aromatic carbocycles. The van der Waals surface area contributed by atoms with Gasteiger partial charge in [0.2, 0.25) is 5.91 Å². The number of urea groups is 1. The molecule has 3 amide bonds. The Hall–Kier alpha value is -5.17. The summed E-state index contributed by atoms with van der Waals surface area (Å²) in [6, 6.07) is 14.0. The van der Waals surface area contributed by atoms with Crippen molar-refractivity contribution in [3.8, 4) is 28.0 Å². The molecule has 2 aromatic heterocycles. The van der Waals surface area contributed by atoms with E-state index in [1.54, 1.807) is 26.0 Å². The summed E-state index contributed by atoms with van der Waals surface area (Å²) in [5.41, 5.74) is 2.10. The van der Waals surface area contributed by atoms with Gasteiger partial charge in [0, 0.05) is 48.3 Å². The number of ether oxygens (including phenoxy) is 4. The molecule has 290 valence electrons. The summed E-state index contributed by atoms with van der Waals surface area (Å²) in [6.07, 6.45) is 6.65. The second kappa shape index (κ2) is 16.3. The minimum absolute atomic E-state index is 0.163. The van der Waals surface area contributed by atoms with Gasteiger partial charge in [-0.25, -0.2) is 19.6 Å². The third-order valence-electron chi connectivity index (χ3n) is 10.6. The topological polar surface area (TPSA) is 132 Å². The number of fused-ring (bicyclic) bond motifs is 3. The Labute approximate surface area is 325 Å². The summed E-state index contributed by atoms with van der Waals surface area (Å²) in [5.74, 6) is 1.18. The highest BCUT2D eigenvalue weighted by molar-refractivity contribution is 7.13. The highest BCUT2D eigenvalue weighted by Crippen LogP contribution is 2.46. The summed E-state index contributed by atoms with van der Waals surface area (Å²) in [6.45, 7) is 7.19. The first-order valence-electron chi connectivity index (χ1n) is 19.1. The van der Waals surface area contributed by atoms with Crippen LogP contribution in [0.15, 0.2) is 66.1 Å². The summed E-state index contributed by atoms with van der Waals surface area (Å²) in [7, 11) is 3.23. The van der Waals surface area contributed by atoms with Gasteiger partial charge in [0.25, 0.3) is 0 Å². The maximum atomic E-state index is 14.7. The third kappa shape index (κ3) is 8.12. The van der Waals surface area contributed by atoms with E-state index in [2.05, 4.69) is 25.2 Å². The lowest BCUT2D eigenvalue weighted by molar-refractivity contribution is -0.149. The summed E-state index contributed by atoms with van der Waals surface area (Å²) < 4.78 is 23.2. The van der Waals surface area contributed by atoms with E-state index in [0.29, 0.717) is 42.2 Å². The minimum atomic E-state index is -1.16. The second-order valence-electron chi connectivity index (χ2n) is 14.7. The quantitative estimate of drug-likeness (QED) is 0.132. The predicted octanol–water partition coefficient (Wildman–Crippen LogP) is 7.12. The predicted molar refractivity (Wildman–Crippen MR) is 210 cm³/mol. The summed E-state index contributed by atoms with van der Waals surface area (Å²) >= 11 is 1.52. The number of rotatable bonds is 10. The lowest BCUT2D eigenvalue weighted by Gasteiger charge is -2.32. The molecule has 12 nitrogen and oxygen atoms in total. The van der Waals surface area contributed by atoms with E-state index in [0.717, 1.165) is 46.7 Å². The summed E-state index contributed by atoms with van der Waals surface area (Å²) in [4.78, 5) is 55.7. The molecule has 0 spiro atoms. The van der Waals surface area contributed by atoms with Gasteiger partial charge in [-0.3, -0.25) is 4.79 Å². The molecule has 55 heavy (non-hydrogen) atoms. The van der Waals surface area contributed by atoms with Crippen molar-refractivity contribution in [3.63, 3.8) is 0 Å². The molecule has 4 heterocycles. The fraction of sp³-hybridized carbons (Fsp3) is 0.452. The fourth-order valence-electron chi connectivity index (χ4n) is 7.42. The molecule has 4 atom stereocenters. The Morgan fingerprint density at radius 1 is 1.04 bits per heavy atom. The zero-order chi connectivity index (χ0) is 38.7. The fourth-order valence-corrected chi connectivity index (χ4v) is 8.36. The van der Waals surface area contributed by atoms with Crippen LogP contribution in [0.2, 0.25) is 0 Å². The van der Waals surface area contributed by atoms with Crippen LogP contribution in [0.5, 0.6) is 17.2 Å². The van der Waals surface area contributed by atoms with Crippen molar-refractivity contribution < 1.29 is 33.3 Å². The zero-order valence-electron chi connectivity index (χ0n) is 32.1. The molecule has 2 fully saturated rings. The normalized spacial score (nSPS) is 22.8. The van der Waals surface area contributed by atoms with Crippen LogP contribution >= 0.6 is 11.3 Å². The van der Waals surface area contributed by atoms with Crippen LogP contribution in [0, 0.1) is 5.92 Å². The zero-order valence-corrected chi connectivity index (χ0v) is 32.9. The molecule has 1 N–H and O–H groups in total. The number of benzene rings is 2. The number of hydrogen-bond donors (Lipinski definition) is 1. The van der Waals surface area contributed by atoms with Crippen LogP contribution in [0.4, 0.5) is 4.79 Å². The molecule has 4 aromatic rings. The van der Waals surface area contributed by atoms with Gasteiger partial charge in [0.1, 0.15) is 45.6 Å². The van der Waals surface area contributed by atoms with Crippen molar-refractivity contribution in [3.05, 3.63) is 77.3 Å². The first kappa shape index (κ1) is 38.1.